The zero-order valence-corrected chi connectivity index (χ0v) is 17.9. The fourth-order valence-electron chi connectivity index (χ4n) is 3.94. The summed E-state index contributed by atoms with van der Waals surface area (Å²) in [6.07, 6.45) is 3.07. The highest BCUT2D eigenvalue weighted by Gasteiger charge is 2.23. The van der Waals surface area contributed by atoms with Crippen LogP contribution >= 0.6 is 0 Å². The van der Waals surface area contributed by atoms with Gasteiger partial charge < -0.3 is 14.7 Å². The lowest BCUT2D eigenvalue weighted by molar-refractivity contribution is -0.121. The van der Waals surface area contributed by atoms with Crippen molar-refractivity contribution in [1.29, 1.82) is 0 Å². The van der Waals surface area contributed by atoms with E-state index in [-0.39, 0.29) is 11.9 Å². The van der Waals surface area contributed by atoms with E-state index in [1.807, 2.05) is 44.2 Å². The number of benzene rings is 1. The minimum atomic E-state index is -0.0371. The van der Waals surface area contributed by atoms with Crippen molar-refractivity contribution in [2.24, 2.45) is 5.92 Å². The second kappa shape index (κ2) is 8.81. The molecule has 0 aliphatic carbocycles. The van der Waals surface area contributed by atoms with Crippen molar-refractivity contribution < 1.29 is 9.32 Å². The van der Waals surface area contributed by atoms with Gasteiger partial charge in [-0.3, -0.25) is 4.79 Å². The highest BCUT2D eigenvalue weighted by Crippen LogP contribution is 2.30. The lowest BCUT2D eigenvalue weighted by Crippen LogP contribution is -2.34. The first-order valence-corrected chi connectivity index (χ1v) is 10.7. The number of fused-ring (bicyclic) bond motifs is 1. The summed E-state index contributed by atoms with van der Waals surface area (Å²) in [4.78, 5) is 24.1. The Hall–Kier alpha value is -2.96. The molecule has 0 spiro atoms. The summed E-state index contributed by atoms with van der Waals surface area (Å²) < 4.78 is 5.44. The van der Waals surface area contributed by atoms with Crippen LogP contribution in [0.15, 0.2) is 34.9 Å². The summed E-state index contributed by atoms with van der Waals surface area (Å²) in [5, 5.41) is 8.03. The molecule has 1 aromatic carbocycles. The standard InChI is InChI=1S/C23H29N5O2/c1-15-11-13-28(14-12-15)22-21-17(3)27-30-23(21)26-19(25-22)9-10-20(29)24-16(2)18-7-5-4-6-8-18/h4-8,15-16H,9-14H2,1-3H3,(H,24,29)/t16-/m1/s1. The molecule has 1 aliphatic rings. The van der Waals surface area contributed by atoms with Crippen molar-refractivity contribution in [2.75, 3.05) is 18.0 Å². The molecule has 0 radical (unpaired) electrons. The van der Waals surface area contributed by atoms with Crippen LogP contribution in [0.25, 0.3) is 11.1 Å². The van der Waals surface area contributed by atoms with Crippen LogP contribution in [0, 0.1) is 12.8 Å². The molecule has 1 aliphatic heterocycles. The van der Waals surface area contributed by atoms with Crippen molar-refractivity contribution in [1.82, 2.24) is 20.4 Å². The van der Waals surface area contributed by atoms with Crippen LogP contribution < -0.4 is 10.2 Å². The second-order valence-corrected chi connectivity index (χ2v) is 8.28. The van der Waals surface area contributed by atoms with Gasteiger partial charge in [0, 0.05) is 25.9 Å². The van der Waals surface area contributed by atoms with Gasteiger partial charge in [0.05, 0.1) is 11.7 Å². The maximum absolute atomic E-state index is 12.5. The molecule has 1 fully saturated rings. The zero-order valence-electron chi connectivity index (χ0n) is 17.9. The summed E-state index contributed by atoms with van der Waals surface area (Å²) in [5.41, 5.74) is 2.39. The Kier molecular flexibility index (Phi) is 5.97. The first-order valence-electron chi connectivity index (χ1n) is 10.7. The van der Waals surface area contributed by atoms with Gasteiger partial charge >= 0.3 is 0 Å². The molecule has 0 unspecified atom stereocenters. The Morgan fingerprint density at radius 3 is 2.70 bits per heavy atom. The van der Waals surface area contributed by atoms with E-state index in [0.29, 0.717) is 24.4 Å². The Morgan fingerprint density at radius 1 is 1.23 bits per heavy atom. The zero-order chi connectivity index (χ0) is 21.1. The van der Waals surface area contributed by atoms with Gasteiger partial charge in [0.2, 0.25) is 5.91 Å². The van der Waals surface area contributed by atoms with Crippen LogP contribution in [0.5, 0.6) is 0 Å². The third-order valence-corrected chi connectivity index (χ3v) is 5.87. The van der Waals surface area contributed by atoms with Crippen LogP contribution in [-0.4, -0.2) is 34.1 Å². The Labute approximate surface area is 176 Å². The minimum absolute atomic E-state index is 0.0165. The smallest absolute Gasteiger partial charge is 0.263 e. The maximum atomic E-state index is 12.5. The predicted molar refractivity (Wildman–Crippen MR) is 116 cm³/mol. The first-order chi connectivity index (χ1) is 14.5. The molecule has 1 N–H and O–H groups in total. The van der Waals surface area contributed by atoms with Crippen LogP contribution in [0.3, 0.4) is 0 Å². The summed E-state index contributed by atoms with van der Waals surface area (Å²) in [7, 11) is 0. The predicted octanol–water partition coefficient (Wildman–Crippen LogP) is 3.97. The van der Waals surface area contributed by atoms with Gasteiger partial charge in [-0.15, -0.1) is 0 Å². The molecule has 158 valence electrons. The van der Waals surface area contributed by atoms with Gasteiger partial charge in [-0.25, -0.2) is 4.98 Å². The van der Waals surface area contributed by atoms with E-state index in [0.717, 1.165) is 54.3 Å². The Bertz CT molecular complexity index is 1010. The molecule has 0 bridgehead atoms. The number of aromatic nitrogens is 3. The fraction of sp³-hybridized carbons (Fsp3) is 0.478. The van der Waals surface area contributed by atoms with Gasteiger partial charge in [-0.05, 0) is 38.2 Å². The summed E-state index contributed by atoms with van der Waals surface area (Å²) >= 11 is 0. The molecular weight excluding hydrogens is 378 g/mol. The number of piperidine rings is 1. The van der Waals surface area contributed by atoms with E-state index in [1.54, 1.807) is 0 Å². The number of aryl methyl sites for hydroxylation is 2. The summed E-state index contributed by atoms with van der Waals surface area (Å²) in [5.74, 6) is 2.22. The van der Waals surface area contributed by atoms with Gasteiger partial charge in [0.1, 0.15) is 17.0 Å². The van der Waals surface area contributed by atoms with E-state index in [4.69, 9.17) is 9.51 Å². The van der Waals surface area contributed by atoms with E-state index in [9.17, 15) is 4.79 Å². The number of hydrogen-bond acceptors (Lipinski definition) is 6. The monoisotopic (exact) mass is 407 g/mol. The third-order valence-electron chi connectivity index (χ3n) is 5.87. The van der Waals surface area contributed by atoms with Gasteiger partial charge in [0.25, 0.3) is 5.71 Å². The number of nitrogens with one attached hydrogen (secondary N) is 1. The Morgan fingerprint density at radius 2 is 1.97 bits per heavy atom. The highest BCUT2D eigenvalue weighted by atomic mass is 16.5. The number of amides is 1. The number of rotatable bonds is 6. The number of anilines is 1. The largest absolute Gasteiger partial charge is 0.356 e. The van der Waals surface area contributed by atoms with Crippen LogP contribution in [0.4, 0.5) is 5.82 Å². The van der Waals surface area contributed by atoms with Gasteiger partial charge in [-0.1, -0.05) is 42.4 Å². The summed E-state index contributed by atoms with van der Waals surface area (Å²) in [6.45, 7) is 8.13. The molecule has 4 rings (SSSR count). The molecule has 2 aromatic heterocycles. The average Bonchev–Trinajstić information content (AvgIpc) is 3.13. The SMILES string of the molecule is Cc1noc2nc(CCC(=O)N[C@H](C)c3ccccc3)nc(N3CCC(C)CC3)c12. The lowest BCUT2D eigenvalue weighted by atomic mass is 9.99. The van der Waals surface area contributed by atoms with Crippen molar-refractivity contribution in [3.63, 3.8) is 0 Å². The van der Waals surface area contributed by atoms with Crippen molar-refractivity contribution >= 4 is 22.8 Å². The lowest BCUT2D eigenvalue weighted by Gasteiger charge is -2.31. The van der Waals surface area contributed by atoms with E-state index >= 15 is 0 Å². The second-order valence-electron chi connectivity index (χ2n) is 8.28. The average molecular weight is 408 g/mol. The molecular formula is C23H29N5O2. The molecule has 1 amide bonds. The normalized spacial score (nSPS) is 16.0. The molecule has 0 saturated carbocycles. The minimum Gasteiger partial charge on any atom is -0.356 e. The van der Waals surface area contributed by atoms with E-state index < -0.39 is 0 Å². The van der Waals surface area contributed by atoms with E-state index in [2.05, 4.69) is 27.3 Å². The van der Waals surface area contributed by atoms with Crippen LogP contribution in [0.1, 0.15) is 56.2 Å². The van der Waals surface area contributed by atoms with Gasteiger partial charge in [0.15, 0.2) is 0 Å². The van der Waals surface area contributed by atoms with Crippen LogP contribution in [-0.2, 0) is 11.2 Å². The Balaban J connectivity index is 1.47. The van der Waals surface area contributed by atoms with Crippen molar-refractivity contribution in [2.45, 2.75) is 52.5 Å². The number of carbonyl (C=O) groups is 1. The molecule has 7 heteroatoms. The molecule has 3 heterocycles. The number of carbonyl (C=O) groups excluding carboxylic acids is 1. The highest BCUT2D eigenvalue weighted by molar-refractivity contribution is 5.88. The molecule has 7 nitrogen and oxygen atoms in total. The third kappa shape index (κ3) is 4.45. The van der Waals surface area contributed by atoms with Crippen molar-refractivity contribution in [3.05, 3.63) is 47.4 Å². The molecule has 3 aromatic rings. The van der Waals surface area contributed by atoms with Crippen LogP contribution in [0.2, 0.25) is 0 Å². The molecule has 1 saturated heterocycles. The quantitative estimate of drug-likeness (QED) is 0.666. The number of nitrogens with zero attached hydrogens (tertiary/aromatic N) is 4. The topological polar surface area (TPSA) is 84.1 Å². The van der Waals surface area contributed by atoms with Crippen molar-refractivity contribution in [3.8, 4) is 0 Å². The summed E-state index contributed by atoms with van der Waals surface area (Å²) in [6, 6.07) is 9.91. The number of hydrogen-bond donors (Lipinski definition) is 1. The fourth-order valence-corrected chi connectivity index (χ4v) is 3.94. The molecule has 30 heavy (non-hydrogen) atoms. The van der Waals surface area contributed by atoms with E-state index in [1.165, 1.54) is 0 Å². The maximum Gasteiger partial charge on any atom is 0.263 e. The molecule has 1 atom stereocenters. The first kappa shape index (κ1) is 20.3. The van der Waals surface area contributed by atoms with Gasteiger partial charge in [-0.2, -0.15) is 4.98 Å².